The Morgan fingerprint density at radius 2 is 1.69 bits per heavy atom. The normalized spacial score (nSPS) is 19.2. The molecular weight excluding hydrogens is 369 g/mol. The number of aromatic amines is 1. The second-order valence-corrected chi connectivity index (χ2v) is 9.64. The van der Waals surface area contributed by atoms with Crippen molar-refractivity contribution >= 4 is 18.7 Å². The predicted molar refractivity (Wildman–Crippen MR) is 113 cm³/mol. The molecular formula is C21H30BN3O4. The summed E-state index contributed by atoms with van der Waals surface area (Å²) in [6.07, 6.45) is 0.649. The van der Waals surface area contributed by atoms with Crippen LogP contribution in [0.2, 0.25) is 0 Å². The lowest BCUT2D eigenvalue weighted by Gasteiger charge is -2.32. The lowest BCUT2D eigenvalue weighted by molar-refractivity contribution is 0.00578. The molecule has 1 aliphatic heterocycles. The van der Waals surface area contributed by atoms with Crippen molar-refractivity contribution < 1.29 is 19.2 Å². The van der Waals surface area contributed by atoms with Gasteiger partial charge in [0.2, 0.25) is 0 Å². The Morgan fingerprint density at radius 3 is 2.17 bits per heavy atom. The van der Waals surface area contributed by atoms with Gasteiger partial charge in [-0.2, -0.15) is 0 Å². The van der Waals surface area contributed by atoms with E-state index in [0.29, 0.717) is 5.82 Å². The second kappa shape index (κ2) is 7.18. The summed E-state index contributed by atoms with van der Waals surface area (Å²) in [6, 6.07) is 7.48. The van der Waals surface area contributed by atoms with Gasteiger partial charge in [0.05, 0.1) is 29.1 Å². The van der Waals surface area contributed by atoms with E-state index in [0.717, 1.165) is 16.7 Å². The van der Waals surface area contributed by atoms with E-state index in [1.807, 2.05) is 72.7 Å². The maximum atomic E-state index is 11.2. The Bertz CT molecular complexity index is 868. The average molecular weight is 399 g/mol. The molecule has 0 spiro atoms. The molecule has 1 amide bonds. The predicted octanol–water partition coefficient (Wildman–Crippen LogP) is 3.73. The summed E-state index contributed by atoms with van der Waals surface area (Å²) in [5.74, 6) is 0.588. The highest BCUT2D eigenvalue weighted by atomic mass is 16.7. The molecule has 3 rings (SSSR count). The van der Waals surface area contributed by atoms with E-state index >= 15 is 0 Å². The van der Waals surface area contributed by atoms with Crippen LogP contribution in [-0.4, -0.2) is 39.5 Å². The zero-order valence-corrected chi connectivity index (χ0v) is 18.2. The molecule has 2 aromatic rings. The number of carbonyl (C=O) groups is 1. The quantitative estimate of drug-likeness (QED) is 0.681. The number of H-pyrrole nitrogens is 1. The van der Waals surface area contributed by atoms with Crippen LogP contribution < -0.4 is 10.8 Å². The van der Waals surface area contributed by atoms with Crippen molar-refractivity contribution in [3.8, 4) is 11.3 Å². The lowest BCUT2D eigenvalue weighted by atomic mass is 9.79. The standard InChI is InChI=1S/C21H30BN3O4/c1-19(2,3)16(25-18(26)27)17-23-12-15(24-17)13-8-10-14(11-9-13)22-28-20(4,5)21(6,7)29-22/h8-12,16,25H,1-7H3,(H,23,24)(H,26,27). The number of benzene rings is 1. The van der Waals surface area contributed by atoms with Crippen molar-refractivity contribution in [1.82, 2.24) is 15.3 Å². The van der Waals surface area contributed by atoms with E-state index in [1.54, 1.807) is 6.20 Å². The topological polar surface area (TPSA) is 96.5 Å². The summed E-state index contributed by atoms with van der Waals surface area (Å²) in [6.45, 7) is 14.0. The molecule has 2 heterocycles. The zero-order valence-electron chi connectivity index (χ0n) is 18.2. The van der Waals surface area contributed by atoms with E-state index in [1.165, 1.54) is 0 Å². The third kappa shape index (κ3) is 4.33. The number of imidazole rings is 1. The van der Waals surface area contributed by atoms with E-state index in [4.69, 9.17) is 14.4 Å². The van der Waals surface area contributed by atoms with Crippen molar-refractivity contribution in [2.45, 2.75) is 65.7 Å². The fourth-order valence-corrected chi connectivity index (χ4v) is 3.25. The Morgan fingerprint density at radius 1 is 1.14 bits per heavy atom. The fraction of sp³-hybridized carbons (Fsp3) is 0.524. The Labute approximate surface area is 172 Å². The summed E-state index contributed by atoms with van der Waals surface area (Å²) < 4.78 is 12.2. The number of hydrogen-bond donors (Lipinski definition) is 3. The van der Waals surface area contributed by atoms with Gasteiger partial charge in [-0.25, -0.2) is 9.78 Å². The van der Waals surface area contributed by atoms with Crippen molar-refractivity contribution in [2.24, 2.45) is 5.41 Å². The minimum Gasteiger partial charge on any atom is -0.465 e. The van der Waals surface area contributed by atoms with Crippen molar-refractivity contribution in [1.29, 1.82) is 0 Å². The summed E-state index contributed by atoms with van der Waals surface area (Å²) >= 11 is 0. The number of carboxylic acid groups (broad SMARTS) is 1. The largest absolute Gasteiger partial charge is 0.494 e. The van der Waals surface area contributed by atoms with E-state index < -0.39 is 19.3 Å². The molecule has 1 aromatic heterocycles. The number of hydrogen-bond acceptors (Lipinski definition) is 4. The molecule has 1 unspecified atom stereocenters. The second-order valence-electron chi connectivity index (χ2n) is 9.64. The van der Waals surface area contributed by atoms with Gasteiger partial charge in [0.25, 0.3) is 0 Å². The van der Waals surface area contributed by atoms with Crippen LogP contribution in [0.15, 0.2) is 30.5 Å². The van der Waals surface area contributed by atoms with Crippen LogP contribution in [0.25, 0.3) is 11.3 Å². The van der Waals surface area contributed by atoms with Crippen LogP contribution >= 0.6 is 0 Å². The molecule has 0 bridgehead atoms. The first kappa shape index (κ1) is 21.4. The van der Waals surface area contributed by atoms with Gasteiger partial charge in [0.15, 0.2) is 0 Å². The monoisotopic (exact) mass is 399 g/mol. The summed E-state index contributed by atoms with van der Waals surface area (Å²) in [4.78, 5) is 18.9. The molecule has 8 heteroatoms. The first-order chi connectivity index (χ1) is 13.3. The molecule has 0 radical (unpaired) electrons. The minimum absolute atomic E-state index is 0.325. The smallest absolute Gasteiger partial charge is 0.465 e. The highest BCUT2D eigenvalue weighted by Crippen LogP contribution is 2.36. The summed E-state index contributed by atoms with van der Waals surface area (Å²) in [7, 11) is -0.406. The first-order valence-electron chi connectivity index (χ1n) is 9.80. The van der Waals surface area contributed by atoms with Gasteiger partial charge in [-0.15, -0.1) is 0 Å². The van der Waals surface area contributed by atoms with Crippen LogP contribution in [-0.2, 0) is 9.31 Å². The molecule has 7 nitrogen and oxygen atoms in total. The minimum atomic E-state index is -1.07. The van der Waals surface area contributed by atoms with Gasteiger partial charge in [0.1, 0.15) is 5.82 Å². The number of nitrogens with one attached hydrogen (secondary N) is 2. The maximum Gasteiger partial charge on any atom is 0.494 e. The number of nitrogens with zero attached hydrogens (tertiary/aromatic N) is 1. The van der Waals surface area contributed by atoms with Gasteiger partial charge in [0, 0.05) is 0 Å². The van der Waals surface area contributed by atoms with Gasteiger partial charge in [-0.3, -0.25) is 0 Å². The summed E-state index contributed by atoms with van der Waals surface area (Å²) in [5, 5.41) is 11.7. The lowest BCUT2D eigenvalue weighted by Crippen LogP contribution is -2.41. The van der Waals surface area contributed by atoms with E-state index in [9.17, 15) is 4.79 Å². The van der Waals surface area contributed by atoms with Crippen molar-refractivity contribution in [3.05, 3.63) is 36.3 Å². The molecule has 1 aromatic carbocycles. The van der Waals surface area contributed by atoms with Crippen LogP contribution in [0.3, 0.4) is 0 Å². The molecule has 1 aliphatic rings. The van der Waals surface area contributed by atoms with Gasteiger partial charge < -0.3 is 24.7 Å². The number of aromatic nitrogens is 2. The number of amides is 1. The molecule has 0 saturated carbocycles. The number of rotatable bonds is 4. The Balaban J connectivity index is 1.80. The van der Waals surface area contributed by atoms with E-state index in [-0.39, 0.29) is 16.6 Å². The van der Waals surface area contributed by atoms with Crippen molar-refractivity contribution in [3.63, 3.8) is 0 Å². The third-order valence-electron chi connectivity index (χ3n) is 5.75. The van der Waals surface area contributed by atoms with Crippen LogP contribution in [0.5, 0.6) is 0 Å². The Hall–Kier alpha value is -2.32. The van der Waals surface area contributed by atoms with E-state index in [2.05, 4.69) is 15.3 Å². The molecule has 0 aliphatic carbocycles. The average Bonchev–Trinajstić information content (AvgIpc) is 3.14. The third-order valence-corrected chi connectivity index (χ3v) is 5.75. The maximum absolute atomic E-state index is 11.2. The summed E-state index contributed by atoms with van der Waals surface area (Å²) in [5.41, 5.74) is 1.64. The zero-order chi connectivity index (χ0) is 21.6. The fourth-order valence-electron chi connectivity index (χ4n) is 3.25. The van der Waals surface area contributed by atoms with Crippen LogP contribution in [0.1, 0.15) is 60.3 Å². The Kier molecular flexibility index (Phi) is 5.30. The van der Waals surface area contributed by atoms with Crippen molar-refractivity contribution in [2.75, 3.05) is 0 Å². The van der Waals surface area contributed by atoms with Gasteiger partial charge in [-0.05, 0) is 44.1 Å². The molecule has 29 heavy (non-hydrogen) atoms. The molecule has 1 saturated heterocycles. The first-order valence-corrected chi connectivity index (χ1v) is 9.80. The molecule has 156 valence electrons. The van der Waals surface area contributed by atoms with Gasteiger partial charge in [-0.1, -0.05) is 45.0 Å². The highest BCUT2D eigenvalue weighted by Gasteiger charge is 2.51. The van der Waals surface area contributed by atoms with Crippen LogP contribution in [0.4, 0.5) is 4.79 Å². The molecule has 3 N–H and O–H groups in total. The van der Waals surface area contributed by atoms with Crippen LogP contribution in [0, 0.1) is 5.41 Å². The highest BCUT2D eigenvalue weighted by molar-refractivity contribution is 6.62. The van der Waals surface area contributed by atoms with Gasteiger partial charge >= 0.3 is 13.2 Å². The molecule has 1 atom stereocenters. The SMILES string of the molecule is CC(C)(C)C(NC(=O)O)c1ncc(-c2ccc(B3OC(C)(C)C(C)(C)O3)cc2)[nH]1. The molecule has 1 fully saturated rings.